The van der Waals surface area contributed by atoms with Crippen molar-refractivity contribution in [3.05, 3.63) is 35.9 Å². The van der Waals surface area contributed by atoms with Gasteiger partial charge in [-0.25, -0.2) is 9.59 Å². The molecule has 0 aromatic heterocycles. The van der Waals surface area contributed by atoms with E-state index in [-0.39, 0.29) is 12.6 Å². The molecule has 160 valence electrons. The molecular weight excluding hydrogens is 374 g/mol. The van der Waals surface area contributed by atoms with Crippen LogP contribution in [0.25, 0.3) is 0 Å². The molecule has 0 saturated heterocycles. The topological polar surface area (TPSA) is 93.1 Å². The van der Waals surface area contributed by atoms with Crippen molar-refractivity contribution in [2.75, 3.05) is 0 Å². The maximum atomic E-state index is 12.8. The van der Waals surface area contributed by atoms with E-state index in [9.17, 15) is 19.5 Å². The van der Waals surface area contributed by atoms with E-state index in [1.165, 1.54) is 0 Å². The zero-order valence-corrected chi connectivity index (χ0v) is 17.4. The van der Waals surface area contributed by atoms with Gasteiger partial charge in [0.15, 0.2) is 0 Å². The van der Waals surface area contributed by atoms with Crippen molar-refractivity contribution in [3.8, 4) is 0 Å². The minimum Gasteiger partial charge on any atom is -0.480 e. The van der Waals surface area contributed by atoms with Crippen LogP contribution in [0.2, 0.25) is 0 Å². The molecule has 1 fully saturated rings. The van der Waals surface area contributed by atoms with Gasteiger partial charge in [-0.3, -0.25) is 9.69 Å². The molecular formula is C22H31NO6. The number of amides is 1. The van der Waals surface area contributed by atoms with E-state index in [1.807, 2.05) is 6.07 Å². The molecule has 0 bridgehead atoms. The van der Waals surface area contributed by atoms with Crippen LogP contribution in [0.15, 0.2) is 30.3 Å². The lowest BCUT2D eigenvalue weighted by atomic mass is 9.98. The normalized spacial score (nSPS) is 16.0. The highest BCUT2D eigenvalue weighted by atomic mass is 16.6. The quantitative estimate of drug-likeness (QED) is 0.685. The Kier molecular flexibility index (Phi) is 8.05. The number of carboxylic acid groups (broad SMARTS) is 1. The summed E-state index contributed by atoms with van der Waals surface area (Å²) in [5.74, 6) is -1.88. The van der Waals surface area contributed by atoms with Crippen molar-refractivity contribution in [1.29, 1.82) is 0 Å². The third kappa shape index (κ3) is 7.75. The summed E-state index contributed by atoms with van der Waals surface area (Å²) < 4.78 is 10.9. The summed E-state index contributed by atoms with van der Waals surface area (Å²) in [5.41, 5.74) is -0.0530. The summed E-state index contributed by atoms with van der Waals surface area (Å²) in [6.45, 7) is 5.14. The lowest BCUT2D eigenvalue weighted by Crippen LogP contribution is -2.48. The Morgan fingerprint density at radius 1 is 1.10 bits per heavy atom. The summed E-state index contributed by atoms with van der Waals surface area (Å²) in [4.78, 5) is 38.3. The Bertz CT molecular complexity index is 691. The third-order valence-electron chi connectivity index (χ3n) is 4.70. The van der Waals surface area contributed by atoms with Crippen molar-refractivity contribution >= 4 is 18.0 Å². The van der Waals surface area contributed by atoms with Crippen molar-refractivity contribution in [2.24, 2.45) is 0 Å². The van der Waals surface area contributed by atoms with Crippen LogP contribution < -0.4 is 0 Å². The van der Waals surface area contributed by atoms with Gasteiger partial charge in [0.05, 0.1) is 6.42 Å². The van der Waals surface area contributed by atoms with Crippen LogP contribution in [-0.2, 0) is 25.6 Å². The van der Waals surface area contributed by atoms with E-state index in [2.05, 4.69) is 0 Å². The zero-order valence-electron chi connectivity index (χ0n) is 17.4. The van der Waals surface area contributed by atoms with Gasteiger partial charge in [-0.1, -0.05) is 36.8 Å². The number of benzene rings is 1. The smallest absolute Gasteiger partial charge is 0.411 e. The van der Waals surface area contributed by atoms with Crippen LogP contribution >= 0.6 is 0 Å². The van der Waals surface area contributed by atoms with Gasteiger partial charge >= 0.3 is 18.0 Å². The molecule has 2 rings (SSSR count). The highest BCUT2D eigenvalue weighted by Crippen LogP contribution is 2.22. The predicted octanol–water partition coefficient (Wildman–Crippen LogP) is 4.14. The molecule has 1 aliphatic rings. The fraction of sp³-hybridized carbons (Fsp3) is 0.591. The molecule has 1 aromatic rings. The van der Waals surface area contributed by atoms with Crippen LogP contribution in [0.1, 0.15) is 64.9 Å². The summed E-state index contributed by atoms with van der Waals surface area (Å²) in [6, 6.07) is 7.64. The molecule has 0 unspecified atom stereocenters. The van der Waals surface area contributed by atoms with Crippen LogP contribution in [0.3, 0.4) is 0 Å². The van der Waals surface area contributed by atoms with Gasteiger partial charge in [0, 0.05) is 6.54 Å². The average molecular weight is 405 g/mol. The second-order valence-corrected chi connectivity index (χ2v) is 8.40. The zero-order chi connectivity index (χ0) is 21.4. The summed E-state index contributed by atoms with van der Waals surface area (Å²) >= 11 is 0. The second kappa shape index (κ2) is 10.3. The lowest BCUT2D eigenvalue weighted by Gasteiger charge is -2.31. The molecule has 0 heterocycles. The van der Waals surface area contributed by atoms with Crippen LogP contribution in [-0.4, -0.2) is 45.8 Å². The van der Waals surface area contributed by atoms with Gasteiger partial charge in [0.1, 0.15) is 17.7 Å². The molecule has 1 N–H and O–H groups in total. The largest absolute Gasteiger partial charge is 0.480 e. The Labute approximate surface area is 172 Å². The first-order chi connectivity index (χ1) is 13.7. The number of esters is 1. The van der Waals surface area contributed by atoms with Crippen molar-refractivity contribution in [2.45, 2.75) is 83.6 Å². The van der Waals surface area contributed by atoms with Gasteiger partial charge in [-0.05, 0) is 52.0 Å². The summed E-state index contributed by atoms with van der Waals surface area (Å²) in [6.07, 6.45) is 3.34. The van der Waals surface area contributed by atoms with E-state index < -0.39 is 36.1 Å². The van der Waals surface area contributed by atoms with E-state index in [4.69, 9.17) is 9.47 Å². The minimum atomic E-state index is -1.37. The van der Waals surface area contributed by atoms with Gasteiger partial charge in [-0.2, -0.15) is 0 Å². The highest BCUT2D eigenvalue weighted by Gasteiger charge is 2.35. The summed E-state index contributed by atoms with van der Waals surface area (Å²) in [5, 5.41) is 9.77. The van der Waals surface area contributed by atoms with Crippen LogP contribution in [0.4, 0.5) is 4.79 Å². The van der Waals surface area contributed by atoms with Crippen molar-refractivity contribution < 1.29 is 29.0 Å². The maximum absolute atomic E-state index is 12.8. The molecule has 1 aliphatic carbocycles. The monoisotopic (exact) mass is 405 g/mol. The van der Waals surface area contributed by atoms with Gasteiger partial charge in [0.2, 0.25) is 0 Å². The highest BCUT2D eigenvalue weighted by molar-refractivity contribution is 5.85. The Morgan fingerprint density at radius 3 is 2.28 bits per heavy atom. The molecule has 0 radical (unpaired) electrons. The Morgan fingerprint density at radius 2 is 1.72 bits per heavy atom. The molecule has 0 aliphatic heterocycles. The number of aliphatic carboxylic acids is 1. The van der Waals surface area contributed by atoms with Gasteiger partial charge < -0.3 is 14.6 Å². The average Bonchev–Trinajstić information content (AvgIpc) is 2.64. The fourth-order valence-corrected chi connectivity index (χ4v) is 3.31. The lowest BCUT2D eigenvalue weighted by molar-refractivity contribution is -0.157. The predicted molar refractivity (Wildman–Crippen MR) is 107 cm³/mol. The first-order valence-electron chi connectivity index (χ1n) is 10.1. The number of carboxylic acids is 1. The number of hydrogen-bond donors (Lipinski definition) is 1. The molecule has 1 atom stereocenters. The van der Waals surface area contributed by atoms with Gasteiger partial charge in [-0.15, -0.1) is 0 Å². The van der Waals surface area contributed by atoms with Crippen molar-refractivity contribution in [1.82, 2.24) is 4.90 Å². The number of hydrogen-bond acceptors (Lipinski definition) is 5. The number of nitrogens with zero attached hydrogens (tertiary/aromatic N) is 1. The number of carbonyl (C=O) groups is 3. The standard InChI is InChI=1S/C22H31NO6/c1-22(2,3)29-21(27)23(15-16-10-6-4-7-11-16)18(20(25)26)14-19(24)28-17-12-8-5-9-13-17/h4,6-7,10-11,17-18H,5,8-9,12-15H2,1-3H3,(H,25,26)/t18-/m0/s1. The fourth-order valence-electron chi connectivity index (χ4n) is 3.31. The van der Waals surface area contributed by atoms with E-state index in [0.29, 0.717) is 0 Å². The van der Waals surface area contributed by atoms with Gasteiger partial charge in [0.25, 0.3) is 0 Å². The first-order valence-corrected chi connectivity index (χ1v) is 10.1. The Balaban J connectivity index is 2.16. The number of ether oxygens (including phenoxy) is 2. The van der Waals surface area contributed by atoms with Crippen LogP contribution in [0.5, 0.6) is 0 Å². The molecule has 0 spiro atoms. The molecule has 29 heavy (non-hydrogen) atoms. The Hall–Kier alpha value is -2.57. The molecule has 7 heteroatoms. The maximum Gasteiger partial charge on any atom is 0.411 e. The van der Waals surface area contributed by atoms with Crippen LogP contribution in [0, 0.1) is 0 Å². The molecule has 1 aromatic carbocycles. The number of rotatable bonds is 7. The molecule has 7 nitrogen and oxygen atoms in total. The van der Waals surface area contributed by atoms with E-state index in [1.54, 1.807) is 45.0 Å². The first kappa shape index (κ1) is 22.7. The minimum absolute atomic E-state index is 0.0173. The SMILES string of the molecule is CC(C)(C)OC(=O)N(Cc1ccccc1)[C@@H](CC(=O)OC1CCCCC1)C(=O)O. The molecule has 1 amide bonds. The third-order valence-corrected chi connectivity index (χ3v) is 4.70. The second-order valence-electron chi connectivity index (χ2n) is 8.40. The van der Waals surface area contributed by atoms with E-state index >= 15 is 0 Å². The summed E-state index contributed by atoms with van der Waals surface area (Å²) in [7, 11) is 0. The number of carbonyl (C=O) groups excluding carboxylic acids is 2. The van der Waals surface area contributed by atoms with Crippen molar-refractivity contribution in [3.63, 3.8) is 0 Å². The molecule has 1 saturated carbocycles. The van der Waals surface area contributed by atoms with E-state index in [0.717, 1.165) is 42.6 Å².